The average Bonchev–Trinajstić information content (AvgIpc) is 3.27. The maximum absolute atomic E-state index is 13.1. The Bertz CT molecular complexity index is 884. The molecule has 1 amide bonds. The van der Waals surface area contributed by atoms with E-state index >= 15 is 0 Å². The number of rotatable bonds is 4. The first-order valence-electron chi connectivity index (χ1n) is 8.39. The summed E-state index contributed by atoms with van der Waals surface area (Å²) in [4.78, 5) is 16.1. The maximum atomic E-state index is 13.1. The van der Waals surface area contributed by atoms with Gasteiger partial charge in [-0.2, -0.15) is 5.10 Å². The zero-order valence-electron chi connectivity index (χ0n) is 14.2. The van der Waals surface area contributed by atoms with Crippen LogP contribution in [0.1, 0.15) is 35.9 Å². The SMILES string of the molecule is CC(C)CN1C(=O)c2ccccc2NC1c1cn[nH]c1-c1cccs1. The van der Waals surface area contributed by atoms with E-state index in [0.717, 1.165) is 27.4 Å². The summed E-state index contributed by atoms with van der Waals surface area (Å²) < 4.78 is 0. The average molecular weight is 352 g/mol. The summed E-state index contributed by atoms with van der Waals surface area (Å²) in [5.41, 5.74) is 3.55. The number of H-pyrrole nitrogens is 1. The lowest BCUT2D eigenvalue weighted by Gasteiger charge is -2.38. The van der Waals surface area contributed by atoms with Crippen LogP contribution in [0.3, 0.4) is 0 Å². The Morgan fingerprint density at radius 1 is 1.24 bits per heavy atom. The fourth-order valence-electron chi connectivity index (χ4n) is 3.24. The summed E-state index contributed by atoms with van der Waals surface area (Å²) in [7, 11) is 0. The molecule has 3 heterocycles. The molecule has 2 aromatic heterocycles. The molecular weight excluding hydrogens is 332 g/mol. The minimum Gasteiger partial charge on any atom is -0.361 e. The monoisotopic (exact) mass is 352 g/mol. The van der Waals surface area contributed by atoms with Gasteiger partial charge in [-0.05, 0) is 29.5 Å². The number of aromatic amines is 1. The number of para-hydroxylation sites is 1. The number of hydrogen-bond acceptors (Lipinski definition) is 4. The molecule has 1 aromatic carbocycles. The lowest BCUT2D eigenvalue weighted by molar-refractivity contribution is 0.0658. The molecule has 0 saturated heterocycles. The highest BCUT2D eigenvalue weighted by molar-refractivity contribution is 7.13. The van der Waals surface area contributed by atoms with Crippen LogP contribution >= 0.6 is 11.3 Å². The van der Waals surface area contributed by atoms with Gasteiger partial charge in [-0.25, -0.2) is 0 Å². The Labute approximate surface area is 150 Å². The number of aromatic nitrogens is 2. The molecule has 0 radical (unpaired) electrons. The lowest BCUT2D eigenvalue weighted by Crippen LogP contribution is -2.44. The van der Waals surface area contributed by atoms with Crippen LogP contribution in [0.2, 0.25) is 0 Å². The minimum atomic E-state index is -0.236. The van der Waals surface area contributed by atoms with E-state index in [9.17, 15) is 4.79 Å². The smallest absolute Gasteiger partial charge is 0.257 e. The number of thiophene rings is 1. The standard InChI is InChI=1S/C19H20N4OS/c1-12(2)11-23-18(21-15-7-4-3-6-13(15)19(23)24)14-10-20-22-17(14)16-8-5-9-25-16/h3-10,12,18,21H,11H2,1-2H3,(H,20,22). The van der Waals surface area contributed by atoms with Crippen LogP contribution in [0.15, 0.2) is 48.0 Å². The van der Waals surface area contributed by atoms with Crippen molar-refractivity contribution < 1.29 is 4.79 Å². The second kappa shape index (κ2) is 6.37. The van der Waals surface area contributed by atoms with E-state index in [4.69, 9.17) is 0 Å². The van der Waals surface area contributed by atoms with Gasteiger partial charge in [0.05, 0.1) is 22.3 Å². The van der Waals surface area contributed by atoms with Crippen molar-refractivity contribution in [2.24, 2.45) is 5.92 Å². The van der Waals surface area contributed by atoms with E-state index in [1.165, 1.54) is 0 Å². The van der Waals surface area contributed by atoms with Crippen LogP contribution in [0.4, 0.5) is 5.69 Å². The first-order valence-corrected chi connectivity index (χ1v) is 9.27. The van der Waals surface area contributed by atoms with Crippen LogP contribution in [-0.2, 0) is 0 Å². The van der Waals surface area contributed by atoms with E-state index in [1.54, 1.807) is 11.3 Å². The number of carbonyl (C=O) groups excluding carboxylic acids is 1. The molecule has 5 nitrogen and oxygen atoms in total. The Morgan fingerprint density at radius 3 is 2.84 bits per heavy atom. The van der Waals surface area contributed by atoms with Crippen LogP contribution in [-0.4, -0.2) is 27.5 Å². The number of benzene rings is 1. The van der Waals surface area contributed by atoms with Gasteiger partial charge < -0.3 is 10.2 Å². The van der Waals surface area contributed by atoms with Crippen molar-refractivity contribution in [2.75, 3.05) is 11.9 Å². The molecule has 6 heteroatoms. The zero-order valence-corrected chi connectivity index (χ0v) is 15.0. The molecule has 0 saturated carbocycles. The van der Waals surface area contributed by atoms with Gasteiger partial charge in [0.1, 0.15) is 6.17 Å². The van der Waals surface area contributed by atoms with Gasteiger partial charge in [0.15, 0.2) is 0 Å². The lowest BCUT2D eigenvalue weighted by atomic mass is 10.0. The highest BCUT2D eigenvalue weighted by Crippen LogP contribution is 2.37. The van der Waals surface area contributed by atoms with Gasteiger partial charge in [0.2, 0.25) is 0 Å². The van der Waals surface area contributed by atoms with Crippen LogP contribution in [0.25, 0.3) is 10.6 Å². The molecule has 0 aliphatic carbocycles. The number of nitrogens with one attached hydrogen (secondary N) is 2. The fraction of sp³-hybridized carbons (Fsp3) is 0.263. The third-order valence-corrected chi connectivity index (χ3v) is 5.20. The molecule has 1 aliphatic rings. The zero-order chi connectivity index (χ0) is 17.4. The van der Waals surface area contributed by atoms with Crippen molar-refractivity contribution in [3.63, 3.8) is 0 Å². The van der Waals surface area contributed by atoms with Crippen molar-refractivity contribution in [2.45, 2.75) is 20.0 Å². The van der Waals surface area contributed by atoms with Crippen molar-refractivity contribution >= 4 is 22.9 Å². The van der Waals surface area contributed by atoms with E-state index < -0.39 is 0 Å². The molecule has 1 aliphatic heterocycles. The molecule has 0 spiro atoms. The second-order valence-corrected chi connectivity index (χ2v) is 7.57. The largest absolute Gasteiger partial charge is 0.361 e. The molecule has 3 aromatic rings. The highest BCUT2D eigenvalue weighted by Gasteiger charge is 2.35. The number of hydrogen-bond donors (Lipinski definition) is 2. The summed E-state index contributed by atoms with van der Waals surface area (Å²) in [6.07, 6.45) is 1.59. The summed E-state index contributed by atoms with van der Waals surface area (Å²) >= 11 is 1.66. The van der Waals surface area contributed by atoms with Gasteiger partial charge in [-0.1, -0.05) is 32.0 Å². The number of carbonyl (C=O) groups is 1. The predicted octanol–water partition coefficient (Wildman–Crippen LogP) is 4.36. The first-order chi connectivity index (χ1) is 12.1. The van der Waals surface area contributed by atoms with E-state index in [2.05, 4.69) is 35.4 Å². The topological polar surface area (TPSA) is 61.0 Å². The number of fused-ring (bicyclic) bond motifs is 1. The molecule has 1 atom stereocenters. The van der Waals surface area contributed by atoms with Gasteiger partial charge in [-0.3, -0.25) is 9.89 Å². The van der Waals surface area contributed by atoms with Gasteiger partial charge >= 0.3 is 0 Å². The predicted molar refractivity (Wildman–Crippen MR) is 101 cm³/mol. The van der Waals surface area contributed by atoms with Crippen molar-refractivity contribution in [3.05, 3.63) is 59.1 Å². The number of amides is 1. The summed E-state index contributed by atoms with van der Waals surface area (Å²) in [6.45, 7) is 4.93. The van der Waals surface area contributed by atoms with Crippen LogP contribution in [0, 0.1) is 5.92 Å². The third kappa shape index (κ3) is 2.82. The molecule has 0 fully saturated rings. The third-order valence-electron chi connectivity index (χ3n) is 4.31. The summed E-state index contributed by atoms with van der Waals surface area (Å²) in [5.74, 6) is 0.432. The Hall–Kier alpha value is -2.60. The molecule has 1 unspecified atom stereocenters. The Kier molecular flexibility index (Phi) is 4.05. The minimum absolute atomic E-state index is 0.0615. The van der Waals surface area contributed by atoms with E-state index in [-0.39, 0.29) is 12.1 Å². The molecule has 4 rings (SSSR count). The van der Waals surface area contributed by atoms with Crippen LogP contribution in [0.5, 0.6) is 0 Å². The molecule has 25 heavy (non-hydrogen) atoms. The van der Waals surface area contributed by atoms with E-state index in [0.29, 0.717) is 12.5 Å². The summed E-state index contributed by atoms with van der Waals surface area (Å²) in [5, 5.41) is 12.9. The molecule has 2 N–H and O–H groups in total. The van der Waals surface area contributed by atoms with Crippen molar-refractivity contribution in [3.8, 4) is 10.6 Å². The Morgan fingerprint density at radius 2 is 2.08 bits per heavy atom. The highest BCUT2D eigenvalue weighted by atomic mass is 32.1. The Balaban J connectivity index is 1.80. The second-order valence-electron chi connectivity index (χ2n) is 6.62. The van der Waals surface area contributed by atoms with Gasteiger partial charge in [0.25, 0.3) is 5.91 Å². The molecular formula is C19H20N4OS. The first kappa shape index (κ1) is 15.9. The normalized spacial score (nSPS) is 16.8. The van der Waals surface area contributed by atoms with Crippen LogP contribution < -0.4 is 5.32 Å². The molecule has 128 valence electrons. The molecule has 0 bridgehead atoms. The maximum Gasteiger partial charge on any atom is 0.257 e. The fourth-order valence-corrected chi connectivity index (χ4v) is 3.98. The number of nitrogens with zero attached hydrogens (tertiary/aromatic N) is 2. The van der Waals surface area contributed by atoms with Gasteiger partial charge in [0, 0.05) is 17.8 Å². The quantitative estimate of drug-likeness (QED) is 0.733. The van der Waals surface area contributed by atoms with E-state index in [1.807, 2.05) is 46.8 Å². The number of anilines is 1. The van der Waals surface area contributed by atoms with Crippen molar-refractivity contribution in [1.82, 2.24) is 15.1 Å². The summed E-state index contributed by atoms with van der Waals surface area (Å²) in [6, 6.07) is 11.8. The van der Waals surface area contributed by atoms with Gasteiger partial charge in [-0.15, -0.1) is 11.3 Å². The van der Waals surface area contributed by atoms with Crippen molar-refractivity contribution in [1.29, 1.82) is 0 Å².